The van der Waals surface area contributed by atoms with E-state index in [-0.39, 0.29) is 23.2 Å². The van der Waals surface area contributed by atoms with Crippen LogP contribution in [0.5, 0.6) is 0 Å². The Labute approximate surface area is 259 Å². The fourth-order valence-electron chi connectivity index (χ4n) is 5.48. The summed E-state index contributed by atoms with van der Waals surface area (Å²) < 4.78 is 32.9. The molecule has 2 aromatic carbocycles. The number of anilines is 1. The van der Waals surface area contributed by atoms with Gasteiger partial charge in [-0.2, -0.15) is 5.10 Å². The van der Waals surface area contributed by atoms with Crippen LogP contribution in [0, 0.1) is 36.8 Å². The topological polar surface area (TPSA) is 88.1 Å². The fraction of sp³-hybridized carbons (Fsp3) is 0.353. The molecule has 7 nitrogen and oxygen atoms in total. The third-order valence-corrected chi connectivity index (χ3v) is 9.13. The van der Waals surface area contributed by atoms with Gasteiger partial charge >= 0.3 is 5.97 Å². The zero-order valence-corrected chi connectivity index (χ0v) is 26.2. The van der Waals surface area contributed by atoms with Crippen LogP contribution < -0.4 is 5.32 Å². The predicted molar refractivity (Wildman–Crippen MR) is 167 cm³/mol. The van der Waals surface area contributed by atoms with Crippen molar-refractivity contribution in [1.82, 2.24) is 5.01 Å². The molecule has 230 valence electrons. The van der Waals surface area contributed by atoms with Gasteiger partial charge in [-0.3, -0.25) is 9.59 Å². The number of rotatable bonds is 6. The van der Waals surface area contributed by atoms with Crippen LogP contribution in [0.15, 0.2) is 59.2 Å². The summed E-state index contributed by atoms with van der Waals surface area (Å²) in [6, 6.07) is 11.6. The lowest BCUT2D eigenvalue weighted by Gasteiger charge is -2.29. The van der Waals surface area contributed by atoms with E-state index < -0.39 is 35.8 Å². The number of hydrogen-bond donors (Lipinski definition) is 1. The third-order valence-electron chi connectivity index (χ3n) is 8.00. The fourth-order valence-corrected chi connectivity index (χ4v) is 6.52. The normalized spacial score (nSPS) is 19.0. The van der Waals surface area contributed by atoms with Crippen molar-refractivity contribution in [3.8, 4) is 0 Å². The van der Waals surface area contributed by atoms with Gasteiger partial charge in [0.1, 0.15) is 16.6 Å². The van der Waals surface area contributed by atoms with Crippen molar-refractivity contribution in [1.29, 1.82) is 0 Å². The van der Waals surface area contributed by atoms with Gasteiger partial charge in [-0.1, -0.05) is 45.0 Å². The molecule has 2 unspecified atom stereocenters. The molecule has 10 heteroatoms. The van der Waals surface area contributed by atoms with Crippen molar-refractivity contribution in [2.45, 2.75) is 59.9 Å². The molecule has 2 heterocycles. The average Bonchev–Trinajstić information content (AvgIpc) is 3.50. The van der Waals surface area contributed by atoms with E-state index in [0.717, 1.165) is 41.0 Å². The summed E-state index contributed by atoms with van der Waals surface area (Å²) in [5.41, 5.74) is 3.44. The second-order valence-electron chi connectivity index (χ2n) is 12.2. The Morgan fingerprint density at radius 3 is 2.32 bits per heavy atom. The molecule has 0 radical (unpaired) electrons. The molecule has 3 aromatic rings. The Bertz CT molecular complexity index is 1650. The van der Waals surface area contributed by atoms with Crippen LogP contribution in [-0.2, 0) is 14.3 Å². The molecule has 44 heavy (non-hydrogen) atoms. The molecule has 1 aliphatic carbocycles. The lowest BCUT2D eigenvalue weighted by atomic mass is 9.77. The smallest absolute Gasteiger partial charge is 0.341 e. The number of hydrogen-bond acceptors (Lipinski definition) is 6. The SMILES string of the molecule is Cc1sc(NC(=O)C(C)(C)C)c(C(=O)OCC(=O)N2N=C3/C(=C\c4ccc(F)cc4)CCCC3C2c2ccc(F)cc2)c1C. The minimum absolute atomic E-state index is 0.151. The van der Waals surface area contributed by atoms with Crippen molar-refractivity contribution >= 4 is 45.9 Å². The zero-order valence-electron chi connectivity index (χ0n) is 25.4. The van der Waals surface area contributed by atoms with E-state index in [2.05, 4.69) is 5.32 Å². The number of nitrogens with one attached hydrogen (secondary N) is 1. The number of carbonyl (C=O) groups is 3. The number of halogens is 2. The summed E-state index contributed by atoms with van der Waals surface area (Å²) in [5.74, 6) is -2.36. The van der Waals surface area contributed by atoms with E-state index in [1.807, 2.05) is 13.0 Å². The lowest BCUT2D eigenvalue weighted by Crippen LogP contribution is -2.34. The number of fused-ring (bicyclic) bond motifs is 1. The molecule has 2 atom stereocenters. The molecule has 0 saturated heterocycles. The molecule has 1 saturated carbocycles. The first-order chi connectivity index (χ1) is 20.8. The molecule has 2 amide bonds. The number of allylic oxidation sites excluding steroid dienone is 1. The Hall–Kier alpha value is -4.18. The largest absolute Gasteiger partial charge is 0.452 e. The standard InChI is InChI=1S/C34H35F2N3O4S/c1-19-20(2)44-31(37-33(42)34(3,4)5)28(19)32(41)43-18-27(40)39-30(22-11-15-25(36)16-12-22)26-8-6-7-23(29(26)38-39)17-21-9-13-24(35)14-10-21/h9-17,26,30H,6-8,18H2,1-5H3,(H,37,42)/b23-17-. The molecule has 5 rings (SSSR count). The summed E-state index contributed by atoms with van der Waals surface area (Å²) in [7, 11) is 0. The van der Waals surface area contributed by atoms with Gasteiger partial charge in [-0.15, -0.1) is 11.3 Å². The summed E-state index contributed by atoms with van der Waals surface area (Å²) in [6.07, 6.45) is 4.30. The highest BCUT2D eigenvalue weighted by molar-refractivity contribution is 7.16. The van der Waals surface area contributed by atoms with E-state index in [1.165, 1.54) is 40.6 Å². The Kier molecular flexibility index (Phi) is 8.83. The van der Waals surface area contributed by atoms with E-state index in [0.29, 0.717) is 16.1 Å². The number of amides is 2. The Morgan fingerprint density at radius 2 is 1.68 bits per heavy atom. The molecular weight excluding hydrogens is 584 g/mol. The van der Waals surface area contributed by atoms with E-state index in [1.54, 1.807) is 52.0 Å². The number of benzene rings is 2. The third kappa shape index (κ3) is 6.50. The van der Waals surface area contributed by atoms with Gasteiger partial charge in [0.2, 0.25) is 5.91 Å². The average molecular weight is 620 g/mol. The van der Waals surface area contributed by atoms with Crippen molar-refractivity contribution in [3.05, 3.63) is 92.9 Å². The number of esters is 1. The first-order valence-corrected chi connectivity index (χ1v) is 15.4. The van der Waals surface area contributed by atoms with Crippen molar-refractivity contribution in [3.63, 3.8) is 0 Å². The molecule has 0 spiro atoms. The van der Waals surface area contributed by atoms with Crippen molar-refractivity contribution < 1.29 is 27.9 Å². The van der Waals surface area contributed by atoms with Gasteiger partial charge in [-0.25, -0.2) is 18.6 Å². The summed E-state index contributed by atoms with van der Waals surface area (Å²) in [6.45, 7) is 8.38. The maximum absolute atomic E-state index is 13.8. The first-order valence-electron chi connectivity index (χ1n) is 14.5. The molecule has 1 aromatic heterocycles. The van der Waals surface area contributed by atoms with Crippen LogP contribution >= 0.6 is 11.3 Å². The van der Waals surface area contributed by atoms with Crippen LogP contribution in [0.2, 0.25) is 0 Å². The van der Waals surface area contributed by atoms with Crippen LogP contribution in [0.25, 0.3) is 6.08 Å². The summed E-state index contributed by atoms with van der Waals surface area (Å²) >= 11 is 1.28. The van der Waals surface area contributed by atoms with Gasteiger partial charge < -0.3 is 10.1 Å². The van der Waals surface area contributed by atoms with Crippen molar-refractivity contribution in [2.24, 2.45) is 16.4 Å². The minimum atomic E-state index is -0.719. The van der Waals surface area contributed by atoms with Gasteiger partial charge in [-0.05, 0) is 85.7 Å². The van der Waals surface area contributed by atoms with Crippen molar-refractivity contribution in [2.75, 3.05) is 11.9 Å². The summed E-state index contributed by atoms with van der Waals surface area (Å²) in [4.78, 5) is 40.5. The molecule has 1 fully saturated rings. The molecular formula is C34H35F2N3O4S. The second-order valence-corrected chi connectivity index (χ2v) is 13.4. The summed E-state index contributed by atoms with van der Waals surface area (Å²) in [5, 5.41) is 9.32. The molecule has 1 aliphatic heterocycles. The van der Waals surface area contributed by atoms with Gasteiger partial charge in [0.15, 0.2) is 6.61 Å². The highest BCUT2D eigenvalue weighted by Gasteiger charge is 2.44. The van der Waals surface area contributed by atoms with E-state index in [9.17, 15) is 23.2 Å². The van der Waals surface area contributed by atoms with Crippen LogP contribution in [0.3, 0.4) is 0 Å². The first kappa shape index (κ1) is 31.3. The van der Waals surface area contributed by atoms with Gasteiger partial charge in [0.25, 0.3) is 5.91 Å². The monoisotopic (exact) mass is 619 g/mol. The quantitative estimate of drug-likeness (QED) is 0.288. The molecule has 2 aliphatic rings. The highest BCUT2D eigenvalue weighted by Crippen LogP contribution is 2.44. The number of hydrazone groups is 1. The number of aryl methyl sites for hydroxylation is 1. The maximum atomic E-state index is 13.8. The lowest BCUT2D eigenvalue weighted by molar-refractivity contribution is -0.137. The number of thiophene rings is 1. The van der Waals surface area contributed by atoms with Crippen LogP contribution in [0.4, 0.5) is 13.8 Å². The number of nitrogens with zero attached hydrogens (tertiary/aromatic N) is 2. The second kappa shape index (κ2) is 12.4. The molecule has 0 bridgehead atoms. The highest BCUT2D eigenvalue weighted by atomic mass is 32.1. The zero-order chi connectivity index (χ0) is 31.8. The number of carbonyl (C=O) groups excluding carboxylic acids is 3. The minimum Gasteiger partial charge on any atom is -0.452 e. The predicted octanol–water partition coefficient (Wildman–Crippen LogP) is 7.61. The number of ether oxygens (including phenoxy) is 1. The van der Waals surface area contributed by atoms with Gasteiger partial charge in [0, 0.05) is 16.2 Å². The Morgan fingerprint density at radius 1 is 1.05 bits per heavy atom. The van der Waals surface area contributed by atoms with E-state index >= 15 is 0 Å². The van der Waals surface area contributed by atoms with E-state index in [4.69, 9.17) is 9.84 Å². The van der Waals surface area contributed by atoms with Gasteiger partial charge in [0.05, 0.1) is 17.3 Å². The Balaban J connectivity index is 1.41. The van der Waals surface area contributed by atoms with Crippen LogP contribution in [0.1, 0.15) is 78.0 Å². The maximum Gasteiger partial charge on any atom is 0.341 e. The van der Waals surface area contributed by atoms with Crippen LogP contribution in [-0.4, -0.2) is 35.1 Å². The molecule has 1 N–H and O–H groups in total.